The molecule has 0 spiro atoms. The number of ether oxygens (including phenoxy) is 1. The molecule has 0 heterocycles. The Bertz CT molecular complexity index is 219. The number of hydrogen-bond acceptors (Lipinski definition) is 2. The first kappa shape index (κ1) is 12.4. The van der Waals surface area contributed by atoms with Gasteiger partial charge in [-0.15, -0.1) is 0 Å². The van der Waals surface area contributed by atoms with Crippen molar-refractivity contribution < 1.29 is 9.84 Å². The van der Waals surface area contributed by atoms with Crippen molar-refractivity contribution in [1.82, 2.24) is 0 Å². The van der Waals surface area contributed by atoms with E-state index in [1.54, 1.807) is 7.11 Å². The van der Waals surface area contributed by atoms with E-state index >= 15 is 0 Å². The first-order valence-electron chi connectivity index (χ1n) is 6.89. The summed E-state index contributed by atoms with van der Waals surface area (Å²) >= 11 is 0. The van der Waals surface area contributed by atoms with Gasteiger partial charge in [-0.25, -0.2) is 0 Å². The fourth-order valence-corrected chi connectivity index (χ4v) is 3.66. The highest BCUT2D eigenvalue weighted by Gasteiger charge is 2.41. The predicted molar refractivity (Wildman–Crippen MR) is 65.3 cm³/mol. The maximum atomic E-state index is 10.8. The Labute approximate surface area is 99.4 Å². The van der Waals surface area contributed by atoms with Gasteiger partial charge in [0, 0.05) is 7.11 Å². The van der Waals surface area contributed by atoms with E-state index in [-0.39, 0.29) is 5.60 Å². The topological polar surface area (TPSA) is 29.5 Å². The van der Waals surface area contributed by atoms with Crippen molar-refractivity contribution in [3.8, 4) is 0 Å². The molecule has 2 heteroatoms. The maximum absolute atomic E-state index is 10.8. The van der Waals surface area contributed by atoms with Crippen LogP contribution in [0.3, 0.4) is 0 Å². The molecule has 2 rings (SSSR count). The molecule has 0 aromatic carbocycles. The largest absolute Gasteiger partial charge is 0.390 e. The van der Waals surface area contributed by atoms with Crippen molar-refractivity contribution in [1.29, 1.82) is 0 Å². The molecule has 2 nitrogen and oxygen atoms in total. The van der Waals surface area contributed by atoms with E-state index in [9.17, 15) is 5.11 Å². The lowest BCUT2D eigenvalue weighted by Gasteiger charge is -2.44. The van der Waals surface area contributed by atoms with Crippen LogP contribution < -0.4 is 0 Å². The third-order valence-corrected chi connectivity index (χ3v) is 4.83. The average Bonchev–Trinajstić information content (AvgIpc) is 2.30. The fourth-order valence-electron chi connectivity index (χ4n) is 3.66. The Morgan fingerprint density at radius 3 is 2.38 bits per heavy atom. The summed E-state index contributed by atoms with van der Waals surface area (Å²) in [4.78, 5) is 0. The highest BCUT2D eigenvalue weighted by molar-refractivity contribution is 4.93. The number of methoxy groups -OCH3 is 1. The van der Waals surface area contributed by atoms with Gasteiger partial charge in [-0.2, -0.15) is 0 Å². The first-order valence-corrected chi connectivity index (χ1v) is 6.89. The van der Waals surface area contributed by atoms with Gasteiger partial charge < -0.3 is 9.84 Å². The van der Waals surface area contributed by atoms with Gasteiger partial charge in [0.1, 0.15) is 0 Å². The van der Waals surface area contributed by atoms with Gasteiger partial charge in [-0.3, -0.25) is 0 Å². The Morgan fingerprint density at radius 2 is 1.81 bits per heavy atom. The summed E-state index contributed by atoms with van der Waals surface area (Å²) in [5, 5.41) is 10.8. The highest BCUT2D eigenvalue weighted by atomic mass is 16.5. The zero-order chi connectivity index (χ0) is 11.6. The van der Waals surface area contributed by atoms with Crippen molar-refractivity contribution in [3.63, 3.8) is 0 Å². The summed E-state index contributed by atoms with van der Waals surface area (Å²) in [5.74, 6) is 1.36. The summed E-state index contributed by atoms with van der Waals surface area (Å²) in [7, 11) is 1.79. The fraction of sp³-hybridized carbons (Fsp3) is 1.00. The van der Waals surface area contributed by atoms with Gasteiger partial charge in [-0.05, 0) is 50.4 Å². The molecular weight excluding hydrogens is 200 g/mol. The zero-order valence-corrected chi connectivity index (χ0v) is 10.7. The molecule has 2 saturated carbocycles. The Hall–Kier alpha value is -0.0800. The third kappa shape index (κ3) is 2.60. The zero-order valence-electron chi connectivity index (χ0n) is 10.7. The molecule has 2 atom stereocenters. The van der Waals surface area contributed by atoms with Gasteiger partial charge >= 0.3 is 0 Å². The third-order valence-electron chi connectivity index (χ3n) is 4.83. The molecule has 2 aliphatic rings. The van der Waals surface area contributed by atoms with Crippen LogP contribution in [0.2, 0.25) is 0 Å². The average molecular weight is 226 g/mol. The van der Waals surface area contributed by atoms with Crippen LogP contribution in [0.25, 0.3) is 0 Å². The van der Waals surface area contributed by atoms with Gasteiger partial charge in [-0.1, -0.05) is 19.8 Å². The number of rotatable bonds is 2. The Balaban J connectivity index is 1.92. The van der Waals surface area contributed by atoms with Crippen molar-refractivity contribution >= 4 is 0 Å². The molecule has 0 aromatic rings. The second-order valence-corrected chi connectivity index (χ2v) is 6.01. The monoisotopic (exact) mass is 226 g/mol. The molecule has 94 valence electrons. The Morgan fingerprint density at radius 1 is 1.12 bits per heavy atom. The van der Waals surface area contributed by atoms with E-state index in [0.717, 1.165) is 31.6 Å². The van der Waals surface area contributed by atoms with E-state index in [2.05, 4.69) is 6.92 Å². The molecule has 0 radical (unpaired) electrons. The lowest BCUT2D eigenvalue weighted by atomic mass is 9.67. The number of aliphatic hydroxyl groups is 1. The molecule has 0 amide bonds. The van der Waals surface area contributed by atoms with Crippen LogP contribution in [0, 0.1) is 11.8 Å². The van der Waals surface area contributed by atoms with Crippen molar-refractivity contribution in [2.45, 2.75) is 70.0 Å². The second-order valence-electron chi connectivity index (χ2n) is 6.01. The summed E-state index contributed by atoms with van der Waals surface area (Å²) in [6.45, 7) is 2.33. The number of hydrogen-bond donors (Lipinski definition) is 1. The van der Waals surface area contributed by atoms with Crippen LogP contribution in [-0.4, -0.2) is 23.9 Å². The van der Waals surface area contributed by atoms with Crippen LogP contribution in [-0.2, 0) is 4.74 Å². The molecule has 2 unspecified atom stereocenters. The van der Waals surface area contributed by atoms with E-state index in [4.69, 9.17) is 4.74 Å². The van der Waals surface area contributed by atoms with E-state index in [1.165, 1.54) is 25.7 Å². The summed E-state index contributed by atoms with van der Waals surface area (Å²) in [6, 6.07) is 0. The van der Waals surface area contributed by atoms with Crippen LogP contribution in [0.4, 0.5) is 0 Å². The van der Waals surface area contributed by atoms with E-state index in [0.29, 0.717) is 12.0 Å². The van der Waals surface area contributed by atoms with Crippen molar-refractivity contribution in [2.24, 2.45) is 11.8 Å². The van der Waals surface area contributed by atoms with Crippen LogP contribution in [0.15, 0.2) is 0 Å². The van der Waals surface area contributed by atoms with E-state index in [1.807, 2.05) is 0 Å². The molecule has 0 aromatic heterocycles. The van der Waals surface area contributed by atoms with Crippen LogP contribution in [0.5, 0.6) is 0 Å². The first-order chi connectivity index (χ1) is 7.64. The highest BCUT2D eigenvalue weighted by Crippen LogP contribution is 2.43. The maximum Gasteiger partial charge on any atom is 0.0677 e. The van der Waals surface area contributed by atoms with E-state index < -0.39 is 0 Å². The second kappa shape index (κ2) is 5.05. The molecule has 0 aliphatic heterocycles. The Kier molecular flexibility index (Phi) is 3.91. The van der Waals surface area contributed by atoms with Gasteiger partial charge in [0.05, 0.1) is 11.7 Å². The minimum atomic E-state index is -0.371. The van der Waals surface area contributed by atoms with Gasteiger partial charge in [0.2, 0.25) is 0 Å². The van der Waals surface area contributed by atoms with Gasteiger partial charge in [0.25, 0.3) is 0 Å². The predicted octanol–water partition coefficient (Wildman–Crippen LogP) is 3.13. The van der Waals surface area contributed by atoms with Crippen LogP contribution >= 0.6 is 0 Å². The van der Waals surface area contributed by atoms with Crippen LogP contribution in [0.1, 0.15) is 58.3 Å². The molecular formula is C14H26O2. The molecule has 0 bridgehead atoms. The standard InChI is InChI=1S/C14H26O2/c1-11-4-3-5-12(10-11)14(15)8-6-13(16-2)7-9-14/h11-13,15H,3-10H2,1-2H3. The smallest absolute Gasteiger partial charge is 0.0677 e. The van der Waals surface area contributed by atoms with Gasteiger partial charge in [0.15, 0.2) is 0 Å². The molecule has 16 heavy (non-hydrogen) atoms. The SMILES string of the molecule is COC1CCC(O)(C2CCCC(C)C2)CC1. The minimum absolute atomic E-state index is 0.371. The lowest BCUT2D eigenvalue weighted by molar-refractivity contribution is -0.0933. The molecule has 2 fully saturated rings. The molecule has 0 saturated heterocycles. The molecule has 2 aliphatic carbocycles. The lowest BCUT2D eigenvalue weighted by Crippen LogP contribution is -2.44. The summed E-state index contributed by atoms with van der Waals surface area (Å²) in [5.41, 5.74) is -0.371. The summed E-state index contributed by atoms with van der Waals surface area (Å²) < 4.78 is 5.38. The molecule has 1 N–H and O–H groups in total. The van der Waals surface area contributed by atoms with Crippen molar-refractivity contribution in [2.75, 3.05) is 7.11 Å². The van der Waals surface area contributed by atoms with Crippen molar-refractivity contribution in [3.05, 3.63) is 0 Å². The normalized spacial score (nSPS) is 45.6. The summed E-state index contributed by atoms with van der Waals surface area (Å²) in [6.07, 6.45) is 9.49. The minimum Gasteiger partial charge on any atom is -0.390 e. The quantitative estimate of drug-likeness (QED) is 0.784.